The molecule has 1 aromatic heterocycles. The average Bonchev–Trinajstić information content (AvgIpc) is 3.09. The van der Waals surface area contributed by atoms with Crippen LogP contribution >= 0.6 is 0 Å². The molecule has 6 heteroatoms. The molecule has 0 fully saturated rings. The van der Waals surface area contributed by atoms with E-state index in [1.54, 1.807) is 26.4 Å². The molecule has 3 rings (SSSR count). The lowest BCUT2D eigenvalue weighted by molar-refractivity contribution is -0.126. The molecule has 2 heterocycles. The van der Waals surface area contributed by atoms with Gasteiger partial charge in [-0.05, 0) is 44.5 Å². The van der Waals surface area contributed by atoms with E-state index in [4.69, 9.17) is 9.47 Å². The van der Waals surface area contributed by atoms with Crippen molar-refractivity contribution < 1.29 is 14.3 Å². The minimum Gasteiger partial charge on any atom is -0.493 e. The van der Waals surface area contributed by atoms with E-state index in [2.05, 4.69) is 30.6 Å². The average molecular weight is 369 g/mol. The number of ether oxygens (including phenoxy) is 2. The van der Waals surface area contributed by atoms with Crippen molar-refractivity contribution in [3.63, 3.8) is 0 Å². The summed E-state index contributed by atoms with van der Waals surface area (Å²) in [5, 5.41) is 4.53. The normalized spacial score (nSPS) is 14.3. The maximum atomic E-state index is 12.6. The van der Waals surface area contributed by atoms with Crippen molar-refractivity contribution in [1.82, 2.24) is 14.7 Å². The molecule has 0 N–H and O–H groups in total. The van der Waals surface area contributed by atoms with E-state index in [1.165, 1.54) is 5.69 Å². The molecule has 0 aliphatic carbocycles. The molecule has 144 valence electrons. The standard InChI is InChI=1S/C21H27N3O3/c1-21(2,3)24-17-10-11-23(14-16(17)13-22-24)20(25)9-7-15-6-8-18(26-4)19(12-15)27-5/h6-9,12-13H,10-11,14H2,1-5H3/b9-7+. The van der Waals surface area contributed by atoms with E-state index in [1.807, 2.05) is 29.3 Å². The van der Waals surface area contributed by atoms with Gasteiger partial charge in [-0.25, -0.2) is 0 Å². The number of amides is 1. The Morgan fingerprint density at radius 1 is 1.19 bits per heavy atom. The van der Waals surface area contributed by atoms with Crippen molar-refractivity contribution in [3.8, 4) is 11.5 Å². The van der Waals surface area contributed by atoms with Gasteiger partial charge >= 0.3 is 0 Å². The summed E-state index contributed by atoms with van der Waals surface area (Å²) in [4.78, 5) is 14.5. The highest BCUT2D eigenvalue weighted by Crippen LogP contribution is 2.28. The summed E-state index contributed by atoms with van der Waals surface area (Å²) in [5.74, 6) is 1.31. The van der Waals surface area contributed by atoms with Crippen LogP contribution in [0.2, 0.25) is 0 Å². The molecule has 1 amide bonds. The van der Waals surface area contributed by atoms with Crippen molar-refractivity contribution in [2.24, 2.45) is 0 Å². The molecule has 27 heavy (non-hydrogen) atoms. The van der Waals surface area contributed by atoms with E-state index in [-0.39, 0.29) is 11.4 Å². The molecule has 0 bridgehead atoms. The Labute approximate surface area is 160 Å². The summed E-state index contributed by atoms with van der Waals surface area (Å²) in [6.45, 7) is 7.72. The van der Waals surface area contributed by atoms with E-state index in [9.17, 15) is 4.79 Å². The zero-order valence-corrected chi connectivity index (χ0v) is 16.7. The van der Waals surface area contributed by atoms with Crippen molar-refractivity contribution in [2.45, 2.75) is 39.3 Å². The molecule has 0 unspecified atom stereocenters. The molecular formula is C21H27N3O3. The number of hydrogen-bond donors (Lipinski definition) is 0. The molecule has 2 aromatic rings. The number of hydrogen-bond acceptors (Lipinski definition) is 4. The first-order chi connectivity index (χ1) is 12.8. The quantitative estimate of drug-likeness (QED) is 0.777. The number of fused-ring (bicyclic) bond motifs is 1. The van der Waals surface area contributed by atoms with Crippen LogP contribution in [0.3, 0.4) is 0 Å². The Morgan fingerprint density at radius 2 is 1.93 bits per heavy atom. The number of benzene rings is 1. The summed E-state index contributed by atoms with van der Waals surface area (Å²) in [6.07, 6.45) is 6.12. The Kier molecular flexibility index (Phi) is 5.26. The SMILES string of the molecule is COc1ccc(/C=C/C(=O)N2CCc3c(cnn3C(C)(C)C)C2)cc1OC. The first kappa shape index (κ1) is 19.0. The lowest BCUT2D eigenvalue weighted by Crippen LogP contribution is -2.36. The van der Waals surface area contributed by atoms with Gasteiger partial charge in [0.25, 0.3) is 0 Å². The van der Waals surface area contributed by atoms with E-state index in [0.717, 1.165) is 17.5 Å². The molecule has 0 atom stereocenters. The minimum absolute atomic E-state index is 0.000978. The van der Waals surface area contributed by atoms with Gasteiger partial charge in [0.05, 0.1) is 26.0 Å². The van der Waals surface area contributed by atoms with Crippen LogP contribution in [0.4, 0.5) is 0 Å². The van der Waals surface area contributed by atoms with Crippen molar-refractivity contribution in [2.75, 3.05) is 20.8 Å². The number of carbonyl (C=O) groups is 1. The van der Waals surface area contributed by atoms with Gasteiger partial charge < -0.3 is 14.4 Å². The number of carbonyl (C=O) groups excluding carboxylic acids is 1. The lowest BCUT2D eigenvalue weighted by Gasteiger charge is -2.29. The summed E-state index contributed by atoms with van der Waals surface area (Å²) in [6, 6.07) is 5.58. The third kappa shape index (κ3) is 3.99. The van der Waals surface area contributed by atoms with Crippen LogP contribution in [0.1, 0.15) is 37.6 Å². The highest BCUT2D eigenvalue weighted by atomic mass is 16.5. The van der Waals surface area contributed by atoms with E-state index in [0.29, 0.717) is 24.6 Å². The Balaban J connectivity index is 1.71. The smallest absolute Gasteiger partial charge is 0.246 e. The van der Waals surface area contributed by atoms with Crippen LogP contribution in [-0.4, -0.2) is 41.4 Å². The predicted octanol–water partition coefficient (Wildman–Crippen LogP) is 3.25. The Morgan fingerprint density at radius 3 is 2.59 bits per heavy atom. The molecule has 0 spiro atoms. The molecule has 0 saturated carbocycles. The fourth-order valence-corrected chi connectivity index (χ4v) is 3.33. The molecule has 1 aromatic carbocycles. The summed E-state index contributed by atoms with van der Waals surface area (Å²) in [7, 11) is 3.20. The van der Waals surface area contributed by atoms with Gasteiger partial charge in [-0.3, -0.25) is 9.48 Å². The second-order valence-electron chi connectivity index (χ2n) is 7.66. The minimum atomic E-state index is -0.0485. The second-order valence-corrected chi connectivity index (χ2v) is 7.66. The molecule has 1 aliphatic heterocycles. The lowest BCUT2D eigenvalue weighted by atomic mass is 10.0. The first-order valence-corrected chi connectivity index (χ1v) is 9.08. The van der Waals surface area contributed by atoms with Crippen molar-refractivity contribution >= 4 is 12.0 Å². The van der Waals surface area contributed by atoms with Crippen LogP contribution < -0.4 is 9.47 Å². The van der Waals surface area contributed by atoms with Crippen LogP contribution in [0.5, 0.6) is 11.5 Å². The molecule has 6 nitrogen and oxygen atoms in total. The highest BCUT2D eigenvalue weighted by Gasteiger charge is 2.26. The fraction of sp³-hybridized carbons (Fsp3) is 0.429. The Hall–Kier alpha value is -2.76. The third-order valence-electron chi connectivity index (χ3n) is 4.71. The van der Waals surface area contributed by atoms with E-state index < -0.39 is 0 Å². The van der Waals surface area contributed by atoms with E-state index >= 15 is 0 Å². The number of methoxy groups -OCH3 is 2. The van der Waals surface area contributed by atoms with Gasteiger partial charge in [0.2, 0.25) is 5.91 Å². The zero-order chi connectivity index (χ0) is 19.6. The van der Waals surface area contributed by atoms with Gasteiger partial charge in [0.1, 0.15) is 0 Å². The number of aromatic nitrogens is 2. The van der Waals surface area contributed by atoms with Crippen LogP contribution in [0.15, 0.2) is 30.5 Å². The van der Waals surface area contributed by atoms with Crippen LogP contribution in [0, 0.1) is 0 Å². The van der Waals surface area contributed by atoms with Crippen LogP contribution in [-0.2, 0) is 23.3 Å². The van der Waals surface area contributed by atoms with Gasteiger partial charge in [-0.1, -0.05) is 6.07 Å². The molecule has 0 saturated heterocycles. The zero-order valence-electron chi connectivity index (χ0n) is 16.7. The number of nitrogens with zero attached hydrogens (tertiary/aromatic N) is 3. The van der Waals surface area contributed by atoms with Crippen molar-refractivity contribution in [3.05, 3.63) is 47.3 Å². The molecule has 0 radical (unpaired) electrons. The highest BCUT2D eigenvalue weighted by molar-refractivity contribution is 5.92. The first-order valence-electron chi connectivity index (χ1n) is 9.08. The maximum absolute atomic E-state index is 12.6. The number of rotatable bonds is 4. The summed E-state index contributed by atoms with van der Waals surface area (Å²) < 4.78 is 12.6. The maximum Gasteiger partial charge on any atom is 0.246 e. The van der Waals surface area contributed by atoms with Crippen molar-refractivity contribution in [1.29, 1.82) is 0 Å². The topological polar surface area (TPSA) is 56.6 Å². The largest absolute Gasteiger partial charge is 0.493 e. The van der Waals surface area contributed by atoms with Gasteiger partial charge in [0, 0.05) is 36.8 Å². The third-order valence-corrected chi connectivity index (χ3v) is 4.71. The van der Waals surface area contributed by atoms with Gasteiger partial charge in [0.15, 0.2) is 11.5 Å². The monoisotopic (exact) mass is 369 g/mol. The van der Waals surface area contributed by atoms with Gasteiger partial charge in [-0.2, -0.15) is 5.10 Å². The summed E-state index contributed by atoms with van der Waals surface area (Å²) in [5.41, 5.74) is 3.20. The summed E-state index contributed by atoms with van der Waals surface area (Å²) >= 11 is 0. The predicted molar refractivity (Wildman–Crippen MR) is 105 cm³/mol. The van der Waals surface area contributed by atoms with Crippen LogP contribution in [0.25, 0.3) is 6.08 Å². The van der Waals surface area contributed by atoms with Gasteiger partial charge in [-0.15, -0.1) is 0 Å². The fourth-order valence-electron chi connectivity index (χ4n) is 3.33. The second kappa shape index (κ2) is 7.47. The molecule has 1 aliphatic rings. The Bertz CT molecular complexity index is 862. The molecular weight excluding hydrogens is 342 g/mol.